The van der Waals surface area contributed by atoms with E-state index in [1.54, 1.807) is 24.3 Å². The summed E-state index contributed by atoms with van der Waals surface area (Å²) in [4.78, 5) is 30.6. The van der Waals surface area contributed by atoms with Crippen LogP contribution in [0, 0.1) is 17.2 Å². The molecule has 1 aliphatic rings. The third-order valence-corrected chi connectivity index (χ3v) is 5.26. The number of nitrogens with zero attached hydrogens (tertiary/aromatic N) is 3. The molecule has 0 saturated carbocycles. The normalized spacial score (nSPS) is 13.9. The number of esters is 1. The van der Waals surface area contributed by atoms with Gasteiger partial charge in [-0.2, -0.15) is 14.0 Å². The summed E-state index contributed by atoms with van der Waals surface area (Å²) in [6.45, 7) is -1.64. The number of nitrogens with one attached hydrogen (secondary N) is 1. The minimum atomic E-state index is -2.87. The molecule has 8 nitrogen and oxygen atoms in total. The number of carbonyl (C=O) groups excluding carboxylic acids is 2. The van der Waals surface area contributed by atoms with Crippen molar-refractivity contribution in [1.29, 1.82) is 5.26 Å². The number of nitriles is 1. The van der Waals surface area contributed by atoms with Gasteiger partial charge in [0, 0.05) is 25.8 Å². The first-order valence-corrected chi connectivity index (χ1v) is 10.5. The van der Waals surface area contributed by atoms with Crippen LogP contribution < -0.4 is 15.0 Å². The molecular weight excluding hydrogens is 434 g/mol. The Bertz CT molecular complexity index is 969. The van der Waals surface area contributed by atoms with Gasteiger partial charge in [0.05, 0.1) is 11.5 Å². The molecule has 10 heteroatoms. The number of rotatable bonds is 9. The summed E-state index contributed by atoms with van der Waals surface area (Å²) in [6.07, 6.45) is 3.20. The Morgan fingerprint density at radius 3 is 2.52 bits per heavy atom. The van der Waals surface area contributed by atoms with Gasteiger partial charge in [-0.3, -0.25) is 9.59 Å². The molecule has 1 N–H and O–H groups in total. The molecule has 1 amide bonds. The minimum absolute atomic E-state index is 0.0729. The van der Waals surface area contributed by atoms with E-state index in [0.29, 0.717) is 44.5 Å². The van der Waals surface area contributed by atoms with Gasteiger partial charge in [-0.25, -0.2) is 4.98 Å². The number of anilines is 1. The first kappa shape index (κ1) is 23.9. The number of piperidine rings is 1. The maximum absolute atomic E-state index is 12.3. The third kappa shape index (κ3) is 7.42. The molecule has 174 valence electrons. The summed E-state index contributed by atoms with van der Waals surface area (Å²) in [6, 6.07) is 11.7. The van der Waals surface area contributed by atoms with E-state index in [2.05, 4.69) is 15.0 Å². The number of amides is 1. The lowest BCUT2D eigenvalue weighted by Gasteiger charge is -2.31. The van der Waals surface area contributed by atoms with E-state index in [4.69, 9.17) is 10.00 Å². The summed E-state index contributed by atoms with van der Waals surface area (Å²) in [7, 11) is 0. The number of hydrogen-bond acceptors (Lipinski definition) is 7. The van der Waals surface area contributed by atoms with Crippen molar-refractivity contribution in [3.8, 4) is 11.8 Å². The standard InChI is InChI=1S/C23H24F2N4O4/c24-23(25)33-19-4-1-16(2-5-19)7-10-27-21(30)15-32-22(31)18-8-11-29(12-9-18)20-6-3-17(13-26)14-28-20/h1-6,14,18,23H,7-12,15H2,(H,27,30). The molecule has 1 aromatic carbocycles. The fourth-order valence-electron chi connectivity index (χ4n) is 3.47. The molecule has 0 bridgehead atoms. The van der Waals surface area contributed by atoms with Crippen LogP contribution in [0.2, 0.25) is 0 Å². The molecule has 1 aromatic heterocycles. The first-order valence-electron chi connectivity index (χ1n) is 10.5. The summed E-state index contributed by atoms with van der Waals surface area (Å²) in [5.41, 5.74) is 1.34. The number of pyridine rings is 1. The first-order chi connectivity index (χ1) is 15.9. The molecule has 0 spiro atoms. The van der Waals surface area contributed by atoms with Crippen LogP contribution in [-0.4, -0.2) is 49.7 Å². The van der Waals surface area contributed by atoms with Gasteiger partial charge in [0.2, 0.25) is 0 Å². The fraction of sp³-hybridized carbons (Fsp3) is 0.391. The Hall–Kier alpha value is -3.74. The van der Waals surface area contributed by atoms with Crippen molar-refractivity contribution in [3.63, 3.8) is 0 Å². The Balaban J connectivity index is 1.32. The van der Waals surface area contributed by atoms with Gasteiger partial charge in [-0.1, -0.05) is 12.1 Å². The number of alkyl halides is 2. The van der Waals surface area contributed by atoms with E-state index in [-0.39, 0.29) is 18.3 Å². The van der Waals surface area contributed by atoms with Gasteiger partial charge >= 0.3 is 12.6 Å². The maximum atomic E-state index is 12.3. The van der Waals surface area contributed by atoms with E-state index in [0.717, 1.165) is 11.4 Å². The lowest BCUT2D eigenvalue weighted by Crippen LogP contribution is -2.38. The highest BCUT2D eigenvalue weighted by molar-refractivity contribution is 5.81. The number of carbonyl (C=O) groups is 2. The van der Waals surface area contributed by atoms with Crippen LogP contribution in [0.15, 0.2) is 42.6 Å². The van der Waals surface area contributed by atoms with Crippen molar-refractivity contribution in [2.24, 2.45) is 5.92 Å². The zero-order valence-electron chi connectivity index (χ0n) is 17.9. The topological polar surface area (TPSA) is 105 Å². The van der Waals surface area contributed by atoms with Crippen LogP contribution in [0.1, 0.15) is 24.0 Å². The summed E-state index contributed by atoms with van der Waals surface area (Å²) >= 11 is 0. The second-order valence-electron chi connectivity index (χ2n) is 7.51. The molecule has 0 aliphatic carbocycles. The number of hydrogen-bond donors (Lipinski definition) is 1. The van der Waals surface area contributed by atoms with Crippen molar-refractivity contribution in [2.75, 3.05) is 31.1 Å². The summed E-state index contributed by atoms with van der Waals surface area (Å²) in [5.74, 6) is -0.242. The lowest BCUT2D eigenvalue weighted by molar-refractivity contribution is -0.153. The molecule has 3 rings (SSSR count). The smallest absolute Gasteiger partial charge is 0.387 e. The maximum Gasteiger partial charge on any atom is 0.387 e. The molecule has 0 unspecified atom stereocenters. The lowest BCUT2D eigenvalue weighted by atomic mass is 9.97. The number of benzene rings is 1. The fourth-order valence-corrected chi connectivity index (χ4v) is 3.47. The van der Waals surface area contributed by atoms with E-state index in [1.807, 2.05) is 11.0 Å². The molecule has 1 aliphatic heterocycles. The predicted molar refractivity (Wildman–Crippen MR) is 115 cm³/mol. The molecule has 0 radical (unpaired) electrons. The van der Waals surface area contributed by atoms with Crippen LogP contribution in [0.25, 0.3) is 0 Å². The predicted octanol–water partition coefficient (Wildman–Crippen LogP) is 2.67. The van der Waals surface area contributed by atoms with Crippen LogP contribution in [0.3, 0.4) is 0 Å². The van der Waals surface area contributed by atoms with E-state index in [1.165, 1.54) is 18.3 Å². The largest absolute Gasteiger partial charge is 0.455 e. The van der Waals surface area contributed by atoms with Crippen LogP contribution >= 0.6 is 0 Å². The summed E-state index contributed by atoms with van der Waals surface area (Å²) < 4.78 is 33.8. The van der Waals surface area contributed by atoms with Gasteiger partial charge in [-0.05, 0) is 49.1 Å². The van der Waals surface area contributed by atoms with Gasteiger partial charge < -0.3 is 19.7 Å². The Kier molecular flexibility index (Phi) is 8.52. The van der Waals surface area contributed by atoms with Crippen molar-refractivity contribution >= 4 is 17.7 Å². The molecule has 1 fully saturated rings. The van der Waals surface area contributed by atoms with Crippen LogP contribution in [0.4, 0.5) is 14.6 Å². The Morgan fingerprint density at radius 2 is 1.91 bits per heavy atom. The van der Waals surface area contributed by atoms with Crippen molar-refractivity contribution < 1.29 is 27.8 Å². The molecule has 2 aromatic rings. The van der Waals surface area contributed by atoms with Crippen molar-refractivity contribution in [1.82, 2.24) is 10.3 Å². The van der Waals surface area contributed by atoms with Gasteiger partial charge in [-0.15, -0.1) is 0 Å². The Morgan fingerprint density at radius 1 is 1.18 bits per heavy atom. The van der Waals surface area contributed by atoms with E-state index >= 15 is 0 Å². The van der Waals surface area contributed by atoms with Crippen molar-refractivity contribution in [3.05, 3.63) is 53.7 Å². The van der Waals surface area contributed by atoms with Crippen LogP contribution in [-0.2, 0) is 20.7 Å². The highest BCUT2D eigenvalue weighted by Gasteiger charge is 2.27. The Labute approximate surface area is 190 Å². The third-order valence-electron chi connectivity index (χ3n) is 5.26. The average molecular weight is 458 g/mol. The average Bonchev–Trinajstić information content (AvgIpc) is 2.83. The molecule has 0 atom stereocenters. The number of aromatic nitrogens is 1. The molecule has 33 heavy (non-hydrogen) atoms. The zero-order chi connectivity index (χ0) is 23.6. The van der Waals surface area contributed by atoms with Crippen LogP contribution in [0.5, 0.6) is 5.75 Å². The van der Waals surface area contributed by atoms with E-state index in [9.17, 15) is 18.4 Å². The quantitative estimate of drug-likeness (QED) is 0.576. The van der Waals surface area contributed by atoms with Gasteiger partial charge in [0.1, 0.15) is 17.6 Å². The number of halogens is 2. The molecule has 1 saturated heterocycles. The zero-order valence-corrected chi connectivity index (χ0v) is 17.9. The highest BCUT2D eigenvalue weighted by atomic mass is 19.3. The van der Waals surface area contributed by atoms with E-state index < -0.39 is 18.5 Å². The number of ether oxygens (including phenoxy) is 2. The SMILES string of the molecule is N#Cc1ccc(N2CCC(C(=O)OCC(=O)NCCc3ccc(OC(F)F)cc3)CC2)nc1. The van der Waals surface area contributed by atoms with Gasteiger partial charge in [0.25, 0.3) is 5.91 Å². The van der Waals surface area contributed by atoms with Crippen molar-refractivity contribution in [2.45, 2.75) is 25.9 Å². The highest BCUT2D eigenvalue weighted by Crippen LogP contribution is 2.23. The monoisotopic (exact) mass is 458 g/mol. The van der Waals surface area contributed by atoms with Gasteiger partial charge in [0.15, 0.2) is 6.61 Å². The minimum Gasteiger partial charge on any atom is -0.455 e. The molecular formula is C23H24F2N4O4. The molecule has 2 heterocycles. The second kappa shape index (κ2) is 11.8. The summed E-state index contributed by atoms with van der Waals surface area (Å²) in [5, 5.41) is 11.5. The second-order valence-corrected chi connectivity index (χ2v) is 7.51.